The van der Waals surface area contributed by atoms with Gasteiger partial charge in [0.2, 0.25) is 5.91 Å². The SMILES string of the molecule is CCCCCCC(=O)Nc1scc(-c2ccc(C)cc2)c1C(=O)OCC. The minimum atomic E-state index is -0.398. The number of aryl methyl sites for hydroxylation is 1. The fraction of sp³-hybridized carbons (Fsp3) is 0.429. The number of esters is 1. The van der Waals surface area contributed by atoms with Gasteiger partial charge in [-0.1, -0.05) is 56.0 Å². The van der Waals surface area contributed by atoms with Crippen LogP contribution in [-0.4, -0.2) is 18.5 Å². The van der Waals surface area contributed by atoms with Gasteiger partial charge in [0, 0.05) is 17.4 Å². The van der Waals surface area contributed by atoms with Gasteiger partial charge >= 0.3 is 5.97 Å². The summed E-state index contributed by atoms with van der Waals surface area (Å²) in [6.45, 7) is 6.24. The molecular formula is C21H27NO3S. The first-order valence-electron chi connectivity index (χ1n) is 9.22. The number of nitrogens with one attached hydrogen (secondary N) is 1. The van der Waals surface area contributed by atoms with E-state index in [0.29, 0.717) is 23.6 Å². The number of amides is 1. The third-order valence-electron chi connectivity index (χ3n) is 4.14. The zero-order chi connectivity index (χ0) is 18.9. The lowest BCUT2D eigenvalue weighted by atomic mass is 10.0. The lowest BCUT2D eigenvalue weighted by Crippen LogP contribution is -2.14. The molecule has 0 bridgehead atoms. The van der Waals surface area contributed by atoms with Gasteiger partial charge in [-0.15, -0.1) is 11.3 Å². The Morgan fingerprint density at radius 1 is 1.08 bits per heavy atom. The van der Waals surface area contributed by atoms with E-state index in [2.05, 4.69) is 12.2 Å². The van der Waals surface area contributed by atoms with Crippen molar-refractivity contribution in [1.29, 1.82) is 0 Å². The van der Waals surface area contributed by atoms with Crippen LogP contribution in [0.3, 0.4) is 0 Å². The molecule has 0 aliphatic heterocycles. The van der Waals surface area contributed by atoms with Crippen molar-refractivity contribution in [1.82, 2.24) is 0 Å². The van der Waals surface area contributed by atoms with Crippen molar-refractivity contribution >= 4 is 28.2 Å². The quantitative estimate of drug-likeness (QED) is 0.446. The number of unbranched alkanes of at least 4 members (excludes halogenated alkanes) is 3. The molecule has 0 fully saturated rings. The maximum Gasteiger partial charge on any atom is 0.341 e. The molecule has 0 radical (unpaired) electrons. The molecular weight excluding hydrogens is 346 g/mol. The highest BCUT2D eigenvalue weighted by Gasteiger charge is 2.22. The second-order valence-electron chi connectivity index (χ2n) is 6.30. The first-order chi connectivity index (χ1) is 12.6. The third-order valence-corrected chi connectivity index (χ3v) is 5.04. The van der Waals surface area contributed by atoms with E-state index in [1.165, 1.54) is 11.3 Å². The molecule has 0 saturated carbocycles. The largest absolute Gasteiger partial charge is 0.462 e. The summed E-state index contributed by atoms with van der Waals surface area (Å²) in [7, 11) is 0. The maximum absolute atomic E-state index is 12.5. The molecule has 1 aromatic carbocycles. The number of anilines is 1. The lowest BCUT2D eigenvalue weighted by Gasteiger charge is -2.09. The number of thiophene rings is 1. The monoisotopic (exact) mass is 373 g/mol. The average molecular weight is 374 g/mol. The fourth-order valence-corrected chi connectivity index (χ4v) is 3.68. The molecule has 140 valence electrons. The van der Waals surface area contributed by atoms with Crippen LogP contribution in [0, 0.1) is 6.92 Å². The van der Waals surface area contributed by atoms with E-state index in [1.807, 2.05) is 36.6 Å². The number of carbonyl (C=O) groups is 2. The van der Waals surface area contributed by atoms with Gasteiger partial charge in [0.25, 0.3) is 0 Å². The van der Waals surface area contributed by atoms with Crippen LogP contribution in [-0.2, 0) is 9.53 Å². The van der Waals surface area contributed by atoms with E-state index in [4.69, 9.17) is 4.74 Å². The van der Waals surface area contributed by atoms with Crippen molar-refractivity contribution in [2.24, 2.45) is 0 Å². The van der Waals surface area contributed by atoms with Crippen molar-refractivity contribution < 1.29 is 14.3 Å². The molecule has 0 spiro atoms. The number of hydrogen-bond donors (Lipinski definition) is 1. The van der Waals surface area contributed by atoms with Crippen LogP contribution in [0.25, 0.3) is 11.1 Å². The van der Waals surface area contributed by atoms with Crippen LogP contribution < -0.4 is 5.32 Å². The maximum atomic E-state index is 12.5. The molecule has 0 atom stereocenters. The Bertz CT molecular complexity index is 734. The van der Waals surface area contributed by atoms with Crippen LogP contribution in [0.5, 0.6) is 0 Å². The van der Waals surface area contributed by atoms with E-state index in [0.717, 1.165) is 42.4 Å². The van der Waals surface area contributed by atoms with Gasteiger partial charge in [0.15, 0.2) is 0 Å². The van der Waals surface area contributed by atoms with Crippen LogP contribution >= 0.6 is 11.3 Å². The highest BCUT2D eigenvalue weighted by Crippen LogP contribution is 2.36. The van der Waals surface area contributed by atoms with Gasteiger partial charge in [-0.2, -0.15) is 0 Å². The predicted octanol–water partition coefficient (Wildman–Crippen LogP) is 5.81. The predicted molar refractivity (Wildman–Crippen MR) is 108 cm³/mol. The molecule has 0 aliphatic carbocycles. The molecule has 5 heteroatoms. The summed E-state index contributed by atoms with van der Waals surface area (Å²) in [5, 5.41) is 5.38. The van der Waals surface area contributed by atoms with E-state index in [9.17, 15) is 9.59 Å². The molecule has 0 unspecified atom stereocenters. The standard InChI is InChI=1S/C21H27NO3S/c1-4-6-7-8-9-18(23)22-20-19(21(24)25-5-2)17(14-26-20)16-12-10-15(3)11-13-16/h10-14H,4-9H2,1-3H3,(H,22,23). The first-order valence-corrected chi connectivity index (χ1v) is 10.1. The minimum absolute atomic E-state index is 0.0519. The first kappa shape index (κ1) is 20.2. The van der Waals surface area contributed by atoms with Gasteiger partial charge in [-0.25, -0.2) is 4.79 Å². The summed E-state index contributed by atoms with van der Waals surface area (Å²) in [5.74, 6) is -0.449. The number of ether oxygens (including phenoxy) is 1. The average Bonchev–Trinajstić information content (AvgIpc) is 3.03. The number of rotatable bonds is 9. The van der Waals surface area contributed by atoms with Gasteiger partial charge < -0.3 is 10.1 Å². The molecule has 4 nitrogen and oxygen atoms in total. The Kier molecular flexibility index (Phi) is 7.85. The Labute approximate surface area is 159 Å². The van der Waals surface area contributed by atoms with Crippen molar-refractivity contribution in [3.05, 3.63) is 40.8 Å². The summed E-state index contributed by atoms with van der Waals surface area (Å²) in [6, 6.07) is 7.98. The molecule has 2 aromatic rings. The fourth-order valence-electron chi connectivity index (χ4n) is 2.70. The van der Waals surface area contributed by atoms with Gasteiger partial charge in [-0.3, -0.25) is 4.79 Å². The van der Waals surface area contributed by atoms with E-state index in [-0.39, 0.29) is 5.91 Å². The number of hydrogen-bond acceptors (Lipinski definition) is 4. The molecule has 0 saturated heterocycles. The Morgan fingerprint density at radius 2 is 1.81 bits per heavy atom. The minimum Gasteiger partial charge on any atom is -0.462 e. The zero-order valence-corrected chi connectivity index (χ0v) is 16.6. The number of benzene rings is 1. The Balaban J connectivity index is 2.21. The van der Waals surface area contributed by atoms with E-state index in [1.54, 1.807) is 6.92 Å². The molecule has 2 rings (SSSR count). The highest BCUT2D eigenvalue weighted by atomic mass is 32.1. The van der Waals surface area contributed by atoms with Crippen molar-refractivity contribution in [3.8, 4) is 11.1 Å². The summed E-state index contributed by atoms with van der Waals surface area (Å²) in [4.78, 5) is 24.7. The normalized spacial score (nSPS) is 10.6. The highest BCUT2D eigenvalue weighted by molar-refractivity contribution is 7.15. The van der Waals surface area contributed by atoms with Gasteiger partial charge in [-0.05, 0) is 25.8 Å². The third kappa shape index (κ3) is 5.43. The Hall–Kier alpha value is -2.14. The molecule has 1 N–H and O–H groups in total. The topological polar surface area (TPSA) is 55.4 Å². The van der Waals surface area contributed by atoms with Crippen LogP contribution in [0.4, 0.5) is 5.00 Å². The second-order valence-corrected chi connectivity index (χ2v) is 7.18. The summed E-state index contributed by atoms with van der Waals surface area (Å²) >= 11 is 1.37. The Morgan fingerprint density at radius 3 is 2.46 bits per heavy atom. The van der Waals surface area contributed by atoms with Crippen LogP contribution in [0.2, 0.25) is 0 Å². The molecule has 1 heterocycles. The van der Waals surface area contributed by atoms with E-state index >= 15 is 0 Å². The molecule has 0 aliphatic rings. The summed E-state index contributed by atoms with van der Waals surface area (Å²) in [5.41, 5.74) is 3.35. The van der Waals surface area contributed by atoms with Crippen LogP contribution in [0.15, 0.2) is 29.6 Å². The van der Waals surface area contributed by atoms with Crippen molar-refractivity contribution in [2.45, 2.75) is 52.9 Å². The molecule has 1 amide bonds. The summed E-state index contributed by atoms with van der Waals surface area (Å²) < 4.78 is 5.22. The zero-order valence-electron chi connectivity index (χ0n) is 15.8. The lowest BCUT2D eigenvalue weighted by molar-refractivity contribution is -0.116. The van der Waals surface area contributed by atoms with Gasteiger partial charge in [0.1, 0.15) is 10.6 Å². The second kappa shape index (κ2) is 10.1. The van der Waals surface area contributed by atoms with Gasteiger partial charge in [0.05, 0.1) is 6.61 Å². The smallest absolute Gasteiger partial charge is 0.341 e. The molecule has 26 heavy (non-hydrogen) atoms. The molecule has 1 aromatic heterocycles. The number of carbonyl (C=O) groups excluding carboxylic acids is 2. The van der Waals surface area contributed by atoms with E-state index < -0.39 is 5.97 Å². The van der Waals surface area contributed by atoms with Crippen molar-refractivity contribution in [2.75, 3.05) is 11.9 Å². The van der Waals surface area contributed by atoms with Crippen molar-refractivity contribution in [3.63, 3.8) is 0 Å². The van der Waals surface area contributed by atoms with Crippen LogP contribution in [0.1, 0.15) is 61.9 Å². The summed E-state index contributed by atoms with van der Waals surface area (Å²) in [6.07, 6.45) is 4.66.